The number of hydrogen-bond donors (Lipinski definition) is 1. The zero-order valence-corrected chi connectivity index (χ0v) is 12.9. The molecular formula is C14H19BrO4. The maximum atomic E-state index is 11.8. The molecule has 0 aliphatic rings. The first-order chi connectivity index (χ1) is 9.04. The van der Waals surface area contributed by atoms with Gasteiger partial charge in [0, 0.05) is 10.0 Å². The highest BCUT2D eigenvalue weighted by Crippen LogP contribution is 2.34. The van der Waals surface area contributed by atoms with Crippen molar-refractivity contribution >= 4 is 21.9 Å². The van der Waals surface area contributed by atoms with Crippen LogP contribution in [-0.4, -0.2) is 24.8 Å². The zero-order valence-electron chi connectivity index (χ0n) is 11.4. The third kappa shape index (κ3) is 3.94. The predicted molar refractivity (Wildman–Crippen MR) is 76.1 cm³/mol. The van der Waals surface area contributed by atoms with Crippen LogP contribution in [-0.2, 0) is 9.53 Å². The van der Waals surface area contributed by atoms with Crippen molar-refractivity contribution in [3.05, 3.63) is 28.2 Å². The summed E-state index contributed by atoms with van der Waals surface area (Å²) in [6.07, 6.45) is -0.452. The van der Waals surface area contributed by atoms with Gasteiger partial charge < -0.3 is 14.6 Å². The number of rotatable bonds is 6. The molecule has 0 heterocycles. The number of halogens is 1. The summed E-state index contributed by atoms with van der Waals surface area (Å²) in [5.41, 5.74) is 0.580. The van der Waals surface area contributed by atoms with Crippen LogP contribution < -0.4 is 4.74 Å². The van der Waals surface area contributed by atoms with Crippen LogP contribution in [0, 0.1) is 5.92 Å². The molecule has 0 aliphatic carbocycles. The van der Waals surface area contributed by atoms with E-state index >= 15 is 0 Å². The summed E-state index contributed by atoms with van der Waals surface area (Å²) < 4.78 is 11.0. The van der Waals surface area contributed by atoms with Gasteiger partial charge in [0.15, 0.2) is 0 Å². The standard InChI is InChI=1S/C14H19BrO4/c1-4-10(14(17)19-5-2)13(16)11-8-9(15)6-7-12(11)18-3/h6-8,10,13,16H,4-5H2,1-3H3. The summed E-state index contributed by atoms with van der Waals surface area (Å²) in [4.78, 5) is 11.8. The van der Waals surface area contributed by atoms with Gasteiger partial charge >= 0.3 is 5.97 Å². The Morgan fingerprint density at radius 2 is 2.11 bits per heavy atom. The van der Waals surface area contributed by atoms with Gasteiger partial charge in [-0.1, -0.05) is 22.9 Å². The second-order valence-corrected chi connectivity index (χ2v) is 5.01. The fourth-order valence-electron chi connectivity index (χ4n) is 1.92. The molecule has 1 N–H and O–H groups in total. The van der Waals surface area contributed by atoms with Crippen molar-refractivity contribution in [1.29, 1.82) is 0 Å². The minimum absolute atomic E-state index is 0.303. The van der Waals surface area contributed by atoms with Crippen molar-refractivity contribution in [2.45, 2.75) is 26.4 Å². The number of esters is 1. The highest BCUT2D eigenvalue weighted by molar-refractivity contribution is 9.10. The molecule has 0 spiro atoms. The number of carbonyl (C=O) groups excluding carboxylic acids is 1. The Hall–Kier alpha value is -1.07. The highest BCUT2D eigenvalue weighted by Gasteiger charge is 2.29. The van der Waals surface area contributed by atoms with Gasteiger partial charge in [0.1, 0.15) is 5.75 Å². The lowest BCUT2D eigenvalue weighted by Crippen LogP contribution is -2.24. The molecule has 0 saturated heterocycles. The van der Waals surface area contributed by atoms with Crippen LogP contribution in [0.15, 0.2) is 22.7 Å². The van der Waals surface area contributed by atoms with Gasteiger partial charge in [0.25, 0.3) is 0 Å². The maximum absolute atomic E-state index is 11.8. The van der Waals surface area contributed by atoms with Crippen LogP contribution in [0.2, 0.25) is 0 Å². The Balaban J connectivity index is 3.05. The van der Waals surface area contributed by atoms with Gasteiger partial charge in [-0.2, -0.15) is 0 Å². The van der Waals surface area contributed by atoms with E-state index in [2.05, 4.69) is 15.9 Å². The van der Waals surface area contributed by atoms with Crippen molar-refractivity contribution in [2.75, 3.05) is 13.7 Å². The quantitative estimate of drug-likeness (QED) is 0.814. The van der Waals surface area contributed by atoms with E-state index in [9.17, 15) is 9.90 Å². The molecule has 0 amide bonds. The van der Waals surface area contributed by atoms with Crippen LogP contribution >= 0.6 is 15.9 Å². The molecule has 19 heavy (non-hydrogen) atoms. The minimum atomic E-state index is -0.948. The summed E-state index contributed by atoms with van der Waals surface area (Å²) in [6, 6.07) is 5.33. The van der Waals surface area contributed by atoms with E-state index in [0.717, 1.165) is 4.47 Å². The van der Waals surface area contributed by atoms with Gasteiger partial charge in [-0.05, 0) is 31.5 Å². The first-order valence-corrected chi connectivity index (χ1v) is 7.02. The molecule has 0 aromatic heterocycles. The number of aliphatic hydroxyl groups is 1. The topological polar surface area (TPSA) is 55.8 Å². The van der Waals surface area contributed by atoms with E-state index in [1.54, 1.807) is 19.1 Å². The minimum Gasteiger partial charge on any atom is -0.496 e. The predicted octanol–water partition coefficient (Wildman–Crippen LogP) is 3.08. The second-order valence-electron chi connectivity index (χ2n) is 4.10. The molecule has 5 heteroatoms. The average molecular weight is 331 g/mol. The monoisotopic (exact) mass is 330 g/mol. The molecule has 1 aromatic rings. The summed E-state index contributed by atoms with van der Waals surface area (Å²) in [6.45, 7) is 3.89. The summed E-state index contributed by atoms with van der Waals surface area (Å²) >= 11 is 3.35. The molecule has 1 rings (SSSR count). The van der Waals surface area contributed by atoms with Crippen LogP contribution in [0.3, 0.4) is 0 Å². The first kappa shape index (κ1) is 16.0. The molecule has 0 fully saturated rings. The Bertz CT molecular complexity index is 433. The molecular weight excluding hydrogens is 312 g/mol. The van der Waals surface area contributed by atoms with Gasteiger partial charge in [-0.15, -0.1) is 0 Å². The maximum Gasteiger partial charge on any atom is 0.311 e. The normalized spacial score (nSPS) is 13.7. The SMILES string of the molecule is CCOC(=O)C(CC)C(O)c1cc(Br)ccc1OC. The van der Waals surface area contributed by atoms with Gasteiger partial charge in [0.05, 0.1) is 25.7 Å². The van der Waals surface area contributed by atoms with Gasteiger partial charge in [0.2, 0.25) is 0 Å². The van der Waals surface area contributed by atoms with Crippen molar-refractivity contribution in [3.8, 4) is 5.75 Å². The highest BCUT2D eigenvalue weighted by atomic mass is 79.9. The molecule has 0 bridgehead atoms. The Kier molecular flexibility index (Phi) is 6.31. The lowest BCUT2D eigenvalue weighted by molar-refractivity contribution is -0.152. The lowest BCUT2D eigenvalue weighted by Gasteiger charge is -2.22. The van der Waals surface area contributed by atoms with E-state index < -0.39 is 12.0 Å². The van der Waals surface area contributed by atoms with E-state index in [1.165, 1.54) is 7.11 Å². The molecule has 2 atom stereocenters. The third-order valence-corrected chi connectivity index (χ3v) is 3.41. The number of benzene rings is 1. The molecule has 0 radical (unpaired) electrons. The Morgan fingerprint density at radius 1 is 1.42 bits per heavy atom. The smallest absolute Gasteiger partial charge is 0.311 e. The average Bonchev–Trinajstić information content (AvgIpc) is 2.39. The van der Waals surface area contributed by atoms with Crippen molar-refractivity contribution in [2.24, 2.45) is 5.92 Å². The van der Waals surface area contributed by atoms with Crippen molar-refractivity contribution in [1.82, 2.24) is 0 Å². The third-order valence-electron chi connectivity index (χ3n) is 2.92. The largest absolute Gasteiger partial charge is 0.496 e. The fourth-order valence-corrected chi connectivity index (χ4v) is 2.30. The van der Waals surface area contributed by atoms with E-state index in [4.69, 9.17) is 9.47 Å². The summed E-state index contributed by atoms with van der Waals surface area (Å²) in [5, 5.41) is 10.4. The Morgan fingerprint density at radius 3 is 2.63 bits per heavy atom. The van der Waals surface area contributed by atoms with E-state index in [0.29, 0.717) is 24.3 Å². The second kappa shape index (κ2) is 7.50. The number of ether oxygens (including phenoxy) is 2. The molecule has 2 unspecified atom stereocenters. The number of hydrogen-bond acceptors (Lipinski definition) is 4. The van der Waals surface area contributed by atoms with Crippen molar-refractivity contribution in [3.63, 3.8) is 0 Å². The van der Waals surface area contributed by atoms with E-state index in [1.807, 2.05) is 13.0 Å². The molecule has 106 valence electrons. The van der Waals surface area contributed by atoms with E-state index in [-0.39, 0.29) is 5.97 Å². The number of carbonyl (C=O) groups is 1. The zero-order chi connectivity index (χ0) is 14.4. The van der Waals surface area contributed by atoms with Gasteiger partial charge in [-0.3, -0.25) is 4.79 Å². The van der Waals surface area contributed by atoms with Crippen LogP contribution in [0.4, 0.5) is 0 Å². The summed E-state index contributed by atoms with van der Waals surface area (Å²) in [7, 11) is 1.53. The first-order valence-electron chi connectivity index (χ1n) is 6.23. The van der Waals surface area contributed by atoms with Crippen LogP contribution in [0.5, 0.6) is 5.75 Å². The lowest BCUT2D eigenvalue weighted by atomic mass is 9.93. The van der Waals surface area contributed by atoms with Crippen LogP contribution in [0.1, 0.15) is 31.9 Å². The Labute approximate surface area is 121 Å². The van der Waals surface area contributed by atoms with Gasteiger partial charge in [-0.25, -0.2) is 0 Å². The van der Waals surface area contributed by atoms with Crippen LogP contribution in [0.25, 0.3) is 0 Å². The number of aliphatic hydroxyl groups excluding tert-OH is 1. The number of methoxy groups -OCH3 is 1. The fraction of sp³-hybridized carbons (Fsp3) is 0.500. The molecule has 0 saturated carbocycles. The van der Waals surface area contributed by atoms with Crippen molar-refractivity contribution < 1.29 is 19.4 Å². The molecule has 4 nitrogen and oxygen atoms in total. The molecule has 1 aromatic carbocycles. The molecule has 0 aliphatic heterocycles. The summed E-state index contributed by atoms with van der Waals surface area (Å²) in [5.74, 6) is -0.430.